The van der Waals surface area contributed by atoms with Gasteiger partial charge in [0.15, 0.2) is 0 Å². The van der Waals surface area contributed by atoms with Crippen LogP contribution < -0.4 is 16.4 Å². The van der Waals surface area contributed by atoms with Crippen LogP contribution >= 0.6 is 0 Å². The van der Waals surface area contributed by atoms with E-state index >= 15 is 0 Å². The first-order valence-electron chi connectivity index (χ1n) is 14.0. The summed E-state index contributed by atoms with van der Waals surface area (Å²) < 4.78 is 0. The average molecular weight is 505 g/mol. The Kier molecular flexibility index (Phi) is 33.3. The van der Waals surface area contributed by atoms with Crippen molar-refractivity contribution in [1.82, 2.24) is 15.5 Å². The van der Waals surface area contributed by atoms with Crippen LogP contribution in [0.25, 0.3) is 0 Å². The summed E-state index contributed by atoms with van der Waals surface area (Å²) in [7, 11) is 4.05. The number of likely N-dealkylation sites (tertiary alicyclic amines) is 1. The lowest BCUT2D eigenvalue weighted by molar-refractivity contribution is -0.109. The number of allylic oxidation sites excluding steroid dienone is 1. The number of likely N-dealkylation sites (N-methyl/N-ethyl adjacent to an activating group) is 1. The second-order valence-corrected chi connectivity index (χ2v) is 8.73. The normalized spacial score (nSPS) is 14.6. The largest absolute Gasteiger partial charge is 0.394 e. The molecule has 4 N–H and O–H groups in total. The molecule has 0 aliphatic carbocycles. The first-order valence-corrected chi connectivity index (χ1v) is 14.0. The molecule has 1 fully saturated rings. The van der Waals surface area contributed by atoms with E-state index < -0.39 is 0 Å². The molecule has 36 heavy (non-hydrogen) atoms. The predicted octanol–water partition coefficient (Wildman–Crippen LogP) is 6.27. The number of benzene rings is 1. The number of unbranched alkanes of at least 4 members (excludes halogenated alkanes) is 1. The summed E-state index contributed by atoms with van der Waals surface area (Å²) in [5, 5.41) is 5.94. The Hall–Kier alpha value is -1.95. The lowest BCUT2D eigenvalue weighted by Crippen LogP contribution is -2.26. The van der Waals surface area contributed by atoms with Crippen molar-refractivity contribution >= 4 is 6.29 Å². The second-order valence-electron chi connectivity index (χ2n) is 8.73. The number of aryl methyl sites for hydroxylation is 1. The van der Waals surface area contributed by atoms with E-state index in [2.05, 4.69) is 80.8 Å². The van der Waals surface area contributed by atoms with Crippen LogP contribution in [0.15, 0.2) is 49.7 Å². The molecule has 1 heterocycles. The molecule has 1 aromatic rings. The van der Waals surface area contributed by atoms with Gasteiger partial charge in [0.2, 0.25) is 0 Å². The smallest absolute Gasteiger partial charge is 0.136 e. The van der Waals surface area contributed by atoms with E-state index in [1.807, 2.05) is 27.0 Å². The van der Waals surface area contributed by atoms with Gasteiger partial charge in [-0.1, -0.05) is 76.6 Å². The molecule has 0 bridgehead atoms. The lowest BCUT2D eigenvalue weighted by atomic mass is 10.0. The fourth-order valence-corrected chi connectivity index (χ4v) is 3.27. The fraction of sp³-hybridized carbons (Fsp3) is 0.645. The molecule has 5 nitrogen and oxygen atoms in total. The molecule has 1 aliphatic rings. The third-order valence-electron chi connectivity index (χ3n) is 5.45. The second kappa shape index (κ2) is 31.1. The number of aldehydes is 1. The first-order chi connectivity index (χ1) is 17.4. The topological polar surface area (TPSA) is 70.4 Å². The molecule has 1 saturated heterocycles. The number of carbonyl (C=O) groups is 1. The summed E-state index contributed by atoms with van der Waals surface area (Å²) >= 11 is 0. The van der Waals surface area contributed by atoms with Gasteiger partial charge in [0.05, 0.1) is 6.04 Å². The molecular weight excluding hydrogens is 444 g/mol. The third-order valence-corrected chi connectivity index (χ3v) is 5.45. The predicted molar refractivity (Wildman–Crippen MR) is 163 cm³/mol. The third kappa shape index (κ3) is 26.7. The molecule has 2 unspecified atom stereocenters. The van der Waals surface area contributed by atoms with Crippen molar-refractivity contribution in [2.75, 3.05) is 33.7 Å². The van der Waals surface area contributed by atoms with Crippen molar-refractivity contribution in [1.29, 1.82) is 0 Å². The Balaban J connectivity index is -0.000000440. The SMILES string of the molecule is C=CCCC.C=CNC.CC.CCCNCCCC(N)C=O.Cc1ccc(CC2CCCN2C)cc1. The van der Waals surface area contributed by atoms with Crippen LogP contribution in [0.1, 0.15) is 83.8 Å². The van der Waals surface area contributed by atoms with Crippen LogP contribution in [0.5, 0.6) is 0 Å². The van der Waals surface area contributed by atoms with Gasteiger partial charge in [-0.25, -0.2) is 0 Å². The molecule has 0 radical (unpaired) electrons. The maximum absolute atomic E-state index is 10.1. The van der Waals surface area contributed by atoms with Crippen molar-refractivity contribution in [2.24, 2.45) is 5.73 Å². The van der Waals surface area contributed by atoms with Gasteiger partial charge >= 0.3 is 0 Å². The zero-order valence-corrected chi connectivity index (χ0v) is 24.8. The van der Waals surface area contributed by atoms with Gasteiger partial charge < -0.3 is 26.1 Å². The Morgan fingerprint density at radius 1 is 1.14 bits per heavy atom. The van der Waals surface area contributed by atoms with Crippen LogP contribution in [0, 0.1) is 6.92 Å². The molecule has 2 rings (SSSR count). The number of hydrogen-bond acceptors (Lipinski definition) is 5. The van der Waals surface area contributed by atoms with Crippen LogP contribution in [-0.2, 0) is 11.2 Å². The molecule has 0 amide bonds. The average Bonchev–Trinajstić information content (AvgIpc) is 3.31. The highest BCUT2D eigenvalue weighted by Gasteiger charge is 2.20. The molecule has 5 heteroatoms. The van der Waals surface area contributed by atoms with Gasteiger partial charge in [-0.05, 0) is 90.3 Å². The highest BCUT2D eigenvalue weighted by Crippen LogP contribution is 2.19. The highest BCUT2D eigenvalue weighted by molar-refractivity contribution is 5.56. The fourth-order valence-electron chi connectivity index (χ4n) is 3.27. The number of hydrogen-bond donors (Lipinski definition) is 3. The zero-order valence-electron chi connectivity index (χ0n) is 24.8. The molecule has 0 aromatic heterocycles. The summed E-state index contributed by atoms with van der Waals surface area (Å²) in [6.45, 7) is 20.6. The van der Waals surface area contributed by atoms with Crippen molar-refractivity contribution in [3.8, 4) is 0 Å². The van der Waals surface area contributed by atoms with Crippen LogP contribution in [0.2, 0.25) is 0 Å². The van der Waals surface area contributed by atoms with Gasteiger partial charge in [-0.3, -0.25) is 0 Å². The Morgan fingerprint density at radius 3 is 2.14 bits per heavy atom. The van der Waals surface area contributed by atoms with E-state index in [0.717, 1.165) is 51.1 Å². The zero-order chi connectivity index (χ0) is 28.0. The van der Waals surface area contributed by atoms with E-state index in [9.17, 15) is 4.79 Å². The lowest BCUT2D eigenvalue weighted by Gasteiger charge is -2.19. The Morgan fingerprint density at radius 2 is 1.75 bits per heavy atom. The minimum Gasteiger partial charge on any atom is -0.394 e. The standard InChI is InChI=1S/C13H19N.C8H18N2O.C5H10.C3H7N.C2H6/c1-11-5-7-12(8-6-11)10-13-4-3-9-14(13)2;1-2-5-10-6-3-4-8(9)7-11;1-3-5-4-2;1-3-4-2;1-2/h5-8,13H,3-4,9-10H2,1-2H3;7-8,10H,2-6,9H2,1H3;3H,1,4-5H2,2H3;3-4H,1H2,2H3;1-2H3. The molecule has 1 aromatic carbocycles. The quantitative estimate of drug-likeness (QED) is 0.178. The first kappa shape index (κ1) is 38.6. The molecule has 0 spiro atoms. The van der Waals surface area contributed by atoms with E-state index in [4.69, 9.17) is 5.73 Å². The summed E-state index contributed by atoms with van der Waals surface area (Å²) in [5.74, 6) is 0. The molecule has 1 aliphatic heterocycles. The minimum atomic E-state index is -0.265. The van der Waals surface area contributed by atoms with Crippen molar-refractivity contribution < 1.29 is 4.79 Å². The molecular formula is C31H60N4O. The summed E-state index contributed by atoms with van der Waals surface area (Å²) in [5.41, 5.74) is 8.23. The van der Waals surface area contributed by atoms with Crippen molar-refractivity contribution in [2.45, 2.75) is 98.1 Å². The van der Waals surface area contributed by atoms with Crippen LogP contribution in [0.4, 0.5) is 0 Å². The number of rotatable bonds is 12. The minimum absolute atomic E-state index is 0.265. The van der Waals surface area contributed by atoms with E-state index in [1.54, 1.807) is 6.20 Å². The van der Waals surface area contributed by atoms with Gasteiger partial charge in [-0.15, -0.1) is 6.58 Å². The van der Waals surface area contributed by atoms with E-state index in [1.165, 1.54) is 43.4 Å². The number of nitrogens with zero attached hydrogens (tertiary/aromatic N) is 1. The summed E-state index contributed by atoms with van der Waals surface area (Å²) in [6.07, 6.45) is 13.6. The van der Waals surface area contributed by atoms with Gasteiger partial charge in [0.1, 0.15) is 6.29 Å². The van der Waals surface area contributed by atoms with Gasteiger partial charge in [-0.2, -0.15) is 0 Å². The van der Waals surface area contributed by atoms with Gasteiger partial charge in [0.25, 0.3) is 0 Å². The monoisotopic (exact) mass is 504 g/mol. The van der Waals surface area contributed by atoms with Gasteiger partial charge in [0, 0.05) is 13.1 Å². The van der Waals surface area contributed by atoms with E-state index in [-0.39, 0.29) is 6.04 Å². The summed E-state index contributed by atoms with van der Waals surface area (Å²) in [6, 6.07) is 9.47. The summed E-state index contributed by atoms with van der Waals surface area (Å²) in [4.78, 5) is 12.6. The molecule has 2 atom stereocenters. The number of nitrogens with one attached hydrogen (secondary N) is 2. The number of nitrogens with two attached hydrogens (primary N) is 1. The van der Waals surface area contributed by atoms with E-state index in [0.29, 0.717) is 0 Å². The molecule has 210 valence electrons. The Labute approximate surface area is 225 Å². The maximum Gasteiger partial charge on any atom is 0.136 e. The maximum atomic E-state index is 10.1. The van der Waals surface area contributed by atoms with Crippen LogP contribution in [-0.4, -0.2) is 57.0 Å². The number of carbonyl (C=O) groups excluding carboxylic acids is 1. The molecule has 0 saturated carbocycles. The Bertz CT molecular complexity index is 589. The highest BCUT2D eigenvalue weighted by atomic mass is 16.1. The van der Waals surface area contributed by atoms with Crippen molar-refractivity contribution in [3.05, 3.63) is 60.8 Å². The van der Waals surface area contributed by atoms with Crippen LogP contribution in [0.3, 0.4) is 0 Å². The van der Waals surface area contributed by atoms with Crippen molar-refractivity contribution in [3.63, 3.8) is 0 Å².